The second-order valence-electron chi connectivity index (χ2n) is 4.56. The zero-order valence-electron chi connectivity index (χ0n) is 12.5. The number of rotatable bonds is 4. The number of hydrogen-bond acceptors (Lipinski definition) is 4. The number of nitriles is 1. The Kier molecular flexibility index (Phi) is 5.31. The van der Waals surface area contributed by atoms with Crippen molar-refractivity contribution in [1.29, 1.82) is 5.26 Å². The van der Waals surface area contributed by atoms with Crippen molar-refractivity contribution in [2.24, 2.45) is 0 Å². The van der Waals surface area contributed by atoms with Crippen LogP contribution in [-0.2, 0) is 9.59 Å². The van der Waals surface area contributed by atoms with E-state index in [-0.39, 0.29) is 0 Å². The molecule has 0 aromatic heterocycles. The van der Waals surface area contributed by atoms with Gasteiger partial charge in [0.05, 0.1) is 18.2 Å². The fourth-order valence-electron chi connectivity index (χ4n) is 1.84. The number of nitrogens with zero attached hydrogens (tertiary/aromatic N) is 1. The Morgan fingerprint density at radius 1 is 1.04 bits per heavy atom. The van der Waals surface area contributed by atoms with E-state index in [2.05, 4.69) is 10.6 Å². The standard InChI is InChI=1S/C17H15N3O3/c1-2-23-15-8-6-13(7-9-15)19-16(21)17(22)20-14-5-3-4-12(10-14)11-18/h3-10H,2H2,1H3,(H,19,21)(H,20,22). The first kappa shape index (κ1) is 16.0. The fraction of sp³-hybridized carbons (Fsp3) is 0.118. The van der Waals surface area contributed by atoms with Crippen molar-refractivity contribution in [3.05, 3.63) is 54.1 Å². The molecule has 0 heterocycles. The lowest BCUT2D eigenvalue weighted by atomic mass is 10.2. The van der Waals surface area contributed by atoms with Crippen molar-refractivity contribution in [2.75, 3.05) is 17.2 Å². The predicted molar refractivity (Wildman–Crippen MR) is 86.0 cm³/mol. The molecule has 0 radical (unpaired) electrons. The summed E-state index contributed by atoms with van der Waals surface area (Å²) in [5.41, 5.74) is 1.27. The Morgan fingerprint density at radius 3 is 2.30 bits per heavy atom. The minimum Gasteiger partial charge on any atom is -0.494 e. The minimum atomic E-state index is -0.811. The van der Waals surface area contributed by atoms with E-state index in [9.17, 15) is 9.59 Å². The Hall–Kier alpha value is -3.33. The zero-order chi connectivity index (χ0) is 16.7. The molecule has 2 aromatic rings. The minimum absolute atomic E-state index is 0.385. The highest BCUT2D eigenvalue weighted by atomic mass is 16.5. The number of hydrogen-bond donors (Lipinski definition) is 2. The van der Waals surface area contributed by atoms with Gasteiger partial charge in [-0.05, 0) is 49.4 Å². The van der Waals surface area contributed by atoms with Gasteiger partial charge < -0.3 is 15.4 Å². The van der Waals surface area contributed by atoms with E-state index in [1.54, 1.807) is 42.5 Å². The van der Waals surface area contributed by atoms with Crippen LogP contribution in [0.4, 0.5) is 11.4 Å². The molecular weight excluding hydrogens is 294 g/mol. The number of carbonyl (C=O) groups is 2. The number of benzene rings is 2. The third-order valence-corrected chi connectivity index (χ3v) is 2.88. The summed E-state index contributed by atoms with van der Waals surface area (Å²) in [4.78, 5) is 23.7. The van der Waals surface area contributed by atoms with Crippen LogP contribution in [0.15, 0.2) is 48.5 Å². The average molecular weight is 309 g/mol. The third kappa shape index (κ3) is 4.58. The molecule has 0 aliphatic carbocycles. The molecule has 2 aromatic carbocycles. The zero-order valence-corrected chi connectivity index (χ0v) is 12.5. The normalized spacial score (nSPS) is 9.57. The van der Waals surface area contributed by atoms with Gasteiger partial charge in [0.2, 0.25) is 0 Å². The SMILES string of the molecule is CCOc1ccc(NC(=O)C(=O)Nc2cccc(C#N)c2)cc1. The molecule has 0 spiro atoms. The smallest absolute Gasteiger partial charge is 0.314 e. The summed E-state index contributed by atoms with van der Waals surface area (Å²) >= 11 is 0. The summed E-state index contributed by atoms with van der Waals surface area (Å²) < 4.78 is 5.30. The molecule has 23 heavy (non-hydrogen) atoms. The summed E-state index contributed by atoms with van der Waals surface area (Å²) in [6.07, 6.45) is 0. The molecule has 116 valence electrons. The third-order valence-electron chi connectivity index (χ3n) is 2.88. The summed E-state index contributed by atoms with van der Waals surface area (Å²) in [5, 5.41) is 13.7. The first-order valence-electron chi connectivity index (χ1n) is 6.97. The monoisotopic (exact) mass is 309 g/mol. The van der Waals surface area contributed by atoms with Gasteiger partial charge in [-0.15, -0.1) is 0 Å². The molecule has 2 N–H and O–H groups in total. The van der Waals surface area contributed by atoms with Crippen LogP contribution < -0.4 is 15.4 Å². The summed E-state index contributed by atoms with van der Waals surface area (Å²) in [7, 11) is 0. The number of amides is 2. The largest absolute Gasteiger partial charge is 0.494 e. The van der Waals surface area contributed by atoms with Crippen LogP contribution in [0.1, 0.15) is 12.5 Å². The van der Waals surface area contributed by atoms with Crippen molar-refractivity contribution in [1.82, 2.24) is 0 Å². The molecule has 0 aliphatic heterocycles. The van der Waals surface area contributed by atoms with Gasteiger partial charge in [-0.3, -0.25) is 9.59 Å². The highest BCUT2D eigenvalue weighted by Crippen LogP contribution is 2.16. The summed E-state index contributed by atoms with van der Waals surface area (Å²) in [6.45, 7) is 2.43. The Bertz CT molecular complexity index is 748. The van der Waals surface area contributed by atoms with Gasteiger partial charge in [-0.2, -0.15) is 5.26 Å². The van der Waals surface area contributed by atoms with Crippen LogP contribution >= 0.6 is 0 Å². The van der Waals surface area contributed by atoms with Gasteiger partial charge >= 0.3 is 11.8 Å². The first-order chi connectivity index (χ1) is 11.1. The van der Waals surface area contributed by atoms with Crippen LogP contribution in [0.3, 0.4) is 0 Å². The number of ether oxygens (including phenoxy) is 1. The molecule has 2 rings (SSSR count). The molecule has 2 amide bonds. The van der Waals surface area contributed by atoms with Crippen LogP contribution in [0, 0.1) is 11.3 Å². The van der Waals surface area contributed by atoms with E-state index < -0.39 is 11.8 Å². The highest BCUT2D eigenvalue weighted by Gasteiger charge is 2.14. The topological polar surface area (TPSA) is 91.2 Å². The summed E-state index contributed by atoms with van der Waals surface area (Å²) in [5.74, 6) is -0.922. The van der Waals surface area contributed by atoms with E-state index >= 15 is 0 Å². The van der Waals surface area contributed by atoms with E-state index in [1.165, 1.54) is 6.07 Å². The lowest BCUT2D eigenvalue weighted by molar-refractivity contribution is -0.132. The van der Waals surface area contributed by atoms with Gasteiger partial charge in [0.1, 0.15) is 5.75 Å². The molecule has 0 aliphatic rings. The number of nitrogens with one attached hydrogen (secondary N) is 2. The summed E-state index contributed by atoms with van der Waals surface area (Å²) in [6, 6.07) is 15.0. The maximum absolute atomic E-state index is 11.9. The van der Waals surface area contributed by atoms with E-state index in [0.29, 0.717) is 29.3 Å². The van der Waals surface area contributed by atoms with E-state index in [1.807, 2.05) is 13.0 Å². The van der Waals surface area contributed by atoms with E-state index in [4.69, 9.17) is 10.00 Å². The molecule has 6 heteroatoms. The Labute approximate surface area is 133 Å². The van der Waals surface area contributed by atoms with Gasteiger partial charge in [0.25, 0.3) is 0 Å². The highest BCUT2D eigenvalue weighted by molar-refractivity contribution is 6.43. The van der Waals surface area contributed by atoms with Crippen LogP contribution in [-0.4, -0.2) is 18.4 Å². The molecule has 6 nitrogen and oxygen atoms in total. The number of carbonyl (C=O) groups excluding carboxylic acids is 2. The molecule has 0 atom stereocenters. The van der Waals surface area contributed by atoms with Crippen molar-refractivity contribution in [3.8, 4) is 11.8 Å². The Morgan fingerprint density at radius 2 is 1.70 bits per heavy atom. The van der Waals surface area contributed by atoms with Gasteiger partial charge in [0, 0.05) is 11.4 Å². The van der Waals surface area contributed by atoms with Crippen molar-refractivity contribution in [3.63, 3.8) is 0 Å². The predicted octanol–water partition coefficient (Wildman–Crippen LogP) is 2.53. The molecule has 0 unspecified atom stereocenters. The average Bonchev–Trinajstić information content (AvgIpc) is 2.57. The number of anilines is 2. The van der Waals surface area contributed by atoms with Crippen LogP contribution in [0.5, 0.6) is 5.75 Å². The van der Waals surface area contributed by atoms with Gasteiger partial charge in [0.15, 0.2) is 0 Å². The molecule has 0 bridgehead atoms. The molecular formula is C17H15N3O3. The van der Waals surface area contributed by atoms with Crippen molar-refractivity contribution in [2.45, 2.75) is 6.92 Å². The maximum Gasteiger partial charge on any atom is 0.314 e. The first-order valence-corrected chi connectivity index (χ1v) is 6.97. The quantitative estimate of drug-likeness (QED) is 0.849. The second-order valence-corrected chi connectivity index (χ2v) is 4.56. The molecule has 0 saturated heterocycles. The lowest BCUT2D eigenvalue weighted by Gasteiger charge is -2.08. The van der Waals surface area contributed by atoms with Crippen LogP contribution in [0.25, 0.3) is 0 Å². The van der Waals surface area contributed by atoms with Gasteiger partial charge in [-0.25, -0.2) is 0 Å². The van der Waals surface area contributed by atoms with Gasteiger partial charge in [-0.1, -0.05) is 6.07 Å². The van der Waals surface area contributed by atoms with Crippen molar-refractivity contribution < 1.29 is 14.3 Å². The molecule has 0 fully saturated rings. The van der Waals surface area contributed by atoms with Crippen LogP contribution in [0.2, 0.25) is 0 Å². The second kappa shape index (κ2) is 7.61. The molecule has 0 saturated carbocycles. The Balaban J connectivity index is 1.97. The maximum atomic E-state index is 11.9. The van der Waals surface area contributed by atoms with Crippen molar-refractivity contribution >= 4 is 23.2 Å². The fourth-order valence-corrected chi connectivity index (χ4v) is 1.84. The van der Waals surface area contributed by atoms with E-state index in [0.717, 1.165) is 0 Å². The lowest BCUT2D eigenvalue weighted by Crippen LogP contribution is -2.29.